The monoisotopic (exact) mass is 427 g/mol. The van der Waals surface area contributed by atoms with Crippen molar-refractivity contribution in [3.8, 4) is 11.3 Å². The van der Waals surface area contributed by atoms with Gasteiger partial charge in [0.1, 0.15) is 17.5 Å². The van der Waals surface area contributed by atoms with Crippen LogP contribution in [0.1, 0.15) is 30.3 Å². The minimum Gasteiger partial charge on any atom is -0.465 e. The van der Waals surface area contributed by atoms with E-state index in [9.17, 15) is 18.7 Å². The third-order valence-electron chi connectivity index (χ3n) is 5.50. The predicted molar refractivity (Wildman–Crippen MR) is 111 cm³/mol. The van der Waals surface area contributed by atoms with Crippen molar-refractivity contribution in [1.82, 2.24) is 14.9 Å². The molecule has 4 rings (SSSR count). The Labute approximate surface area is 178 Å². The smallest absolute Gasteiger partial charge is 0.405 e. The molecule has 2 aromatic carbocycles. The molecule has 162 valence electrons. The number of aromatic nitrogens is 2. The molecule has 0 radical (unpaired) electrons. The van der Waals surface area contributed by atoms with E-state index in [1.54, 1.807) is 6.20 Å². The number of nitrogens with zero attached hydrogens (tertiary/aromatic N) is 2. The van der Waals surface area contributed by atoms with Gasteiger partial charge in [-0.05, 0) is 42.5 Å². The zero-order valence-corrected chi connectivity index (χ0v) is 16.8. The largest absolute Gasteiger partial charge is 0.465 e. The molecule has 3 aromatic rings. The van der Waals surface area contributed by atoms with Crippen LogP contribution in [-0.4, -0.2) is 34.0 Å². The molecule has 6 nitrogen and oxygen atoms in total. The summed E-state index contributed by atoms with van der Waals surface area (Å²) in [6, 6.07) is 12.2. The van der Waals surface area contributed by atoms with Crippen molar-refractivity contribution in [3.63, 3.8) is 0 Å². The first-order valence-electron chi connectivity index (χ1n) is 10.1. The van der Waals surface area contributed by atoms with Crippen LogP contribution in [0.15, 0.2) is 54.7 Å². The predicted octanol–water partition coefficient (Wildman–Crippen LogP) is 4.61. The molecular formula is C23H23F2N3O3. The van der Waals surface area contributed by atoms with Crippen LogP contribution in [0.25, 0.3) is 11.3 Å². The van der Waals surface area contributed by atoms with Gasteiger partial charge in [-0.25, -0.2) is 18.6 Å². The molecular weight excluding hydrogens is 404 g/mol. The maximum Gasteiger partial charge on any atom is 0.405 e. The summed E-state index contributed by atoms with van der Waals surface area (Å²) in [7, 11) is 0. The molecule has 1 fully saturated rings. The average Bonchev–Trinajstić information content (AvgIpc) is 3.18. The first kappa shape index (κ1) is 21.0. The van der Waals surface area contributed by atoms with Crippen LogP contribution >= 0.6 is 0 Å². The minimum absolute atomic E-state index is 0.0213. The molecule has 1 amide bonds. The fraction of sp³-hybridized carbons (Fsp3) is 0.304. The summed E-state index contributed by atoms with van der Waals surface area (Å²) in [5.74, 6) is -0.713. The number of carboxylic acid groups (broad SMARTS) is 1. The minimum atomic E-state index is -1.16. The molecule has 0 aliphatic carbocycles. The van der Waals surface area contributed by atoms with Gasteiger partial charge in [-0.3, -0.25) is 0 Å². The quantitative estimate of drug-likeness (QED) is 0.602. The zero-order chi connectivity index (χ0) is 21.8. The second-order valence-electron chi connectivity index (χ2n) is 7.60. The molecule has 8 heteroatoms. The van der Waals surface area contributed by atoms with Crippen LogP contribution < -0.4 is 5.32 Å². The first-order chi connectivity index (χ1) is 15.0. The Bertz CT molecular complexity index is 1050. The molecule has 31 heavy (non-hydrogen) atoms. The van der Waals surface area contributed by atoms with Crippen LogP contribution in [0.3, 0.4) is 0 Å². The third kappa shape index (κ3) is 4.91. The van der Waals surface area contributed by atoms with Gasteiger partial charge in [0.15, 0.2) is 0 Å². The van der Waals surface area contributed by atoms with Gasteiger partial charge < -0.3 is 19.7 Å². The highest BCUT2D eigenvalue weighted by Crippen LogP contribution is 2.33. The number of nitrogens with one attached hydrogen (secondary N) is 1. The summed E-state index contributed by atoms with van der Waals surface area (Å²) >= 11 is 0. The lowest BCUT2D eigenvalue weighted by Gasteiger charge is -2.30. The number of amides is 1. The number of imidazole rings is 1. The van der Waals surface area contributed by atoms with E-state index in [0.29, 0.717) is 38.4 Å². The Balaban J connectivity index is 1.80. The van der Waals surface area contributed by atoms with E-state index in [0.717, 1.165) is 23.8 Å². The van der Waals surface area contributed by atoms with Crippen molar-refractivity contribution < 1.29 is 23.4 Å². The standard InChI is InChI=1S/C23H23F2N3O3/c24-17-6-7-19(25)18(12-17)20-14-28(13-15-4-2-1-3-5-15)22(26-20)21(27-23(29)30)16-8-10-31-11-9-16/h1-7,12,14,16,21,27H,8-11,13H2,(H,29,30). The van der Waals surface area contributed by atoms with Gasteiger partial charge in [-0.15, -0.1) is 0 Å². The Hall–Kier alpha value is -3.26. The van der Waals surface area contributed by atoms with Gasteiger partial charge in [-0.2, -0.15) is 0 Å². The number of carbonyl (C=O) groups is 1. The molecule has 2 N–H and O–H groups in total. The maximum atomic E-state index is 14.4. The Morgan fingerprint density at radius 3 is 2.65 bits per heavy atom. The molecule has 1 atom stereocenters. The fourth-order valence-corrected chi connectivity index (χ4v) is 3.98. The van der Waals surface area contributed by atoms with Gasteiger partial charge in [0.2, 0.25) is 0 Å². The molecule has 2 heterocycles. The van der Waals surface area contributed by atoms with Crippen LogP contribution in [0, 0.1) is 17.6 Å². The zero-order valence-electron chi connectivity index (χ0n) is 16.8. The summed E-state index contributed by atoms with van der Waals surface area (Å²) in [5, 5.41) is 12.1. The van der Waals surface area contributed by atoms with E-state index in [1.165, 1.54) is 0 Å². The second-order valence-corrected chi connectivity index (χ2v) is 7.60. The van der Waals surface area contributed by atoms with E-state index in [4.69, 9.17) is 4.74 Å². The third-order valence-corrected chi connectivity index (χ3v) is 5.50. The van der Waals surface area contributed by atoms with Crippen LogP contribution in [-0.2, 0) is 11.3 Å². The number of ether oxygens (including phenoxy) is 1. The van der Waals surface area contributed by atoms with E-state index in [1.807, 2.05) is 34.9 Å². The number of benzene rings is 2. The normalized spacial score (nSPS) is 15.5. The number of halogens is 2. The second kappa shape index (κ2) is 9.26. The molecule has 1 aliphatic rings. The van der Waals surface area contributed by atoms with E-state index < -0.39 is 23.8 Å². The van der Waals surface area contributed by atoms with Crippen molar-refractivity contribution >= 4 is 6.09 Å². The molecule has 1 aliphatic heterocycles. The van der Waals surface area contributed by atoms with Crippen molar-refractivity contribution in [1.29, 1.82) is 0 Å². The van der Waals surface area contributed by atoms with E-state index in [2.05, 4.69) is 10.3 Å². The van der Waals surface area contributed by atoms with Crippen LogP contribution in [0.4, 0.5) is 13.6 Å². The summed E-state index contributed by atoms with van der Waals surface area (Å²) in [4.78, 5) is 16.2. The van der Waals surface area contributed by atoms with E-state index >= 15 is 0 Å². The van der Waals surface area contributed by atoms with Crippen LogP contribution in [0.5, 0.6) is 0 Å². The van der Waals surface area contributed by atoms with Gasteiger partial charge >= 0.3 is 6.09 Å². The SMILES string of the molecule is O=C(O)NC(c1nc(-c2cc(F)ccc2F)cn1Cc1ccccc1)C1CCOCC1. The highest BCUT2D eigenvalue weighted by atomic mass is 19.1. The number of hydrogen-bond donors (Lipinski definition) is 2. The van der Waals surface area contributed by atoms with Gasteiger partial charge in [0.25, 0.3) is 0 Å². The van der Waals surface area contributed by atoms with Crippen molar-refractivity contribution in [3.05, 3.63) is 77.8 Å². The number of hydrogen-bond acceptors (Lipinski definition) is 3. The highest BCUT2D eigenvalue weighted by molar-refractivity contribution is 5.65. The Morgan fingerprint density at radius 2 is 1.94 bits per heavy atom. The molecule has 0 spiro atoms. The number of rotatable bonds is 6. The molecule has 0 saturated carbocycles. The lowest BCUT2D eigenvalue weighted by molar-refractivity contribution is 0.0519. The Kier molecular flexibility index (Phi) is 6.27. The Morgan fingerprint density at radius 1 is 1.19 bits per heavy atom. The van der Waals surface area contributed by atoms with Gasteiger partial charge in [-0.1, -0.05) is 30.3 Å². The first-order valence-corrected chi connectivity index (χ1v) is 10.1. The molecule has 1 unspecified atom stereocenters. The molecule has 1 aromatic heterocycles. The summed E-state index contributed by atoms with van der Waals surface area (Å²) in [6.07, 6.45) is 1.83. The summed E-state index contributed by atoms with van der Waals surface area (Å²) in [6.45, 7) is 1.49. The summed E-state index contributed by atoms with van der Waals surface area (Å²) in [5.41, 5.74) is 1.27. The van der Waals surface area contributed by atoms with Gasteiger partial charge in [0.05, 0.1) is 11.7 Å². The highest BCUT2D eigenvalue weighted by Gasteiger charge is 2.31. The van der Waals surface area contributed by atoms with Crippen molar-refractivity contribution in [2.45, 2.75) is 25.4 Å². The van der Waals surface area contributed by atoms with Gasteiger partial charge in [0, 0.05) is 31.5 Å². The average molecular weight is 427 g/mol. The van der Waals surface area contributed by atoms with Crippen LogP contribution in [0.2, 0.25) is 0 Å². The lowest BCUT2D eigenvalue weighted by Crippen LogP contribution is -2.37. The lowest BCUT2D eigenvalue weighted by atomic mass is 9.91. The van der Waals surface area contributed by atoms with E-state index in [-0.39, 0.29) is 17.2 Å². The maximum absolute atomic E-state index is 14.4. The molecule has 1 saturated heterocycles. The topological polar surface area (TPSA) is 76.4 Å². The van der Waals surface area contributed by atoms with Crippen molar-refractivity contribution in [2.24, 2.45) is 5.92 Å². The van der Waals surface area contributed by atoms with Crippen molar-refractivity contribution in [2.75, 3.05) is 13.2 Å². The molecule has 0 bridgehead atoms. The summed E-state index contributed by atoms with van der Waals surface area (Å²) < 4.78 is 35.5. The fourth-order valence-electron chi connectivity index (χ4n) is 3.98.